The van der Waals surface area contributed by atoms with Crippen LogP contribution in [0.15, 0.2) is 36.0 Å². The van der Waals surface area contributed by atoms with E-state index in [1.807, 2.05) is 6.08 Å². The van der Waals surface area contributed by atoms with E-state index >= 15 is 0 Å². The zero-order chi connectivity index (χ0) is 17.1. The monoisotopic (exact) mass is 326 g/mol. The number of ether oxygens (including phenoxy) is 1. The minimum atomic E-state index is -0.217. The molecule has 4 aliphatic carbocycles. The number of ketones is 1. The highest BCUT2D eigenvalue weighted by Gasteiger charge is 2.56. The summed E-state index contributed by atoms with van der Waals surface area (Å²) in [6, 6.07) is 0. The van der Waals surface area contributed by atoms with Crippen LogP contribution in [0.1, 0.15) is 46.5 Å². The van der Waals surface area contributed by atoms with Gasteiger partial charge in [0.25, 0.3) is 0 Å². The Bertz CT molecular complexity index is 685. The normalized spacial score (nSPS) is 46.0. The minimum absolute atomic E-state index is 0.0420. The van der Waals surface area contributed by atoms with Crippen LogP contribution in [-0.2, 0) is 14.3 Å². The van der Waals surface area contributed by atoms with Gasteiger partial charge in [-0.1, -0.05) is 37.6 Å². The molecule has 1 saturated carbocycles. The Balaban J connectivity index is 1.64. The molecule has 3 unspecified atom stereocenters. The van der Waals surface area contributed by atoms with E-state index in [0.29, 0.717) is 23.5 Å². The first-order valence-corrected chi connectivity index (χ1v) is 9.13. The molecule has 0 aliphatic heterocycles. The number of carbonyl (C=O) groups is 2. The van der Waals surface area contributed by atoms with Crippen LogP contribution in [0.25, 0.3) is 0 Å². The fraction of sp³-hybridized carbons (Fsp3) is 0.619. The van der Waals surface area contributed by atoms with Crippen LogP contribution in [-0.4, -0.2) is 17.9 Å². The van der Waals surface area contributed by atoms with Gasteiger partial charge < -0.3 is 4.74 Å². The van der Waals surface area contributed by atoms with Crippen molar-refractivity contribution < 1.29 is 14.3 Å². The number of rotatable bonds is 1. The first-order valence-electron chi connectivity index (χ1n) is 9.13. The summed E-state index contributed by atoms with van der Waals surface area (Å²) in [4.78, 5) is 23.6. The molecule has 0 N–H and O–H groups in total. The van der Waals surface area contributed by atoms with Crippen LogP contribution in [0.4, 0.5) is 0 Å². The molecule has 4 aliphatic rings. The third kappa shape index (κ3) is 2.09. The van der Waals surface area contributed by atoms with E-state index in [9.17, 15) is 9.59 Å². The summed E-state index contributed by atoms with van der Waals surface area (Å²) in [5.74, 6) is 1.58. The largest absolute Gasteiger partial charge is 0.458 e. The van der Waals surface area contributed by atoms with Crippen LogP contribution in [0.2, 0.25) is 0 Å². The highest BCUT2D eigenvalue weighted by molar-refractivity contribution is 5.97. The molecule has 0 spiro atoms. The summed E-state index contributed by atoms with van der Waals surface area (Å²) < 4.78 is 5.40. The summed E-state index contributed by atoms with van der Waals surface area (Å²) in [6.45, 7) is 5.96. The van der Waals surface area contributed by atoms with E-state index < -0.39 is 0 Å². The Morgan fingerprint density at radius 2 is 2.08 bits per heavy atom. The van der Waals surface area contributed by atoms with E-state index in [1.165, 1.54) is 12.5 Å². The minimum Gasteiger partial charge on any atom is -0.458 e. The van der Waals surface area contributed by atoms with E-state index in [-0.39, 0.29) is 22.9 Å². The quantitative estimate of drug-likeness (QED) is 0.540. The average molecular weight is 326 g/mol. The van der Waals surface area contributed by atoms with Crippen LogP contribution in [0.5, 0.6) is 0 Å². The van der Waals surface area contributed by atoms with Gasteiger partial charge in [-0.25, -0.2) is 0 Å². The second-order valence-electron chi connectivity index (χ2n) is 8.43. The first kappa shape index (κ1) is 15.9. The van der Waals surface area contributed by atoms with Gasteiger partial charge in [-0.15, -0.1) is 0 Å². The van der Waals surface area contributed by atoms with Crippen molar-refractivity contribution in [1.82, 2.24) is 0 Å². The van der Waals surface area contributed by atoms with Gasteiger partial charge in [0.15, 0.2) is 5.78 Å². The van der Waals surface area contributed by atoms with Crippen LogP contribution < -0.4 is 0 Å². The van der Waals surface area contributed by atoms with E-state index in [0.717, 1.165) is 25.7 Å². The maximum atomic E-state index is 12.3. The summed E-state index contributed by atoms with van der Waals surface area (Å²) in [7, 11) is 0. The molecule has 0 aromatic rings. The third-order valence-corrected chi connectivity index (χ3v) is 7.20. The fourth-order valence-corrected chi connectivity index (χ4v) is 5.79. The summed E-state index contributed by atoms with van der Waals surface area (Å²) in [5.41, 5.74) is 1.27. The van der Waals surface area contributed by atoms with Gasteiger partial charge in [0.2, 0.25) is 0 Å². The molecule has 3 nitrogen and oxygen atoms in total. The molecular formula is C21H26O3. The molecule has 0 aromatic heterocycles. The molecule has 3 heteroatoms. The van der Waals surface area contributed by atoms with E-state index in [2.05, 4.69) is 38.2 Å². The van der Waals surface area contributed by atoms with Crippen molar-refractivity contribution in [3.63, 3.8) is 0 Å². The van der Waals surface area contributed by atoms with Crippen LogP contribution in [0.3, 0.4) is 0 Å². The second kappa shape index (κ2) is 5.18. The molecule has 24 heavy (non-hydrogen) atoms. The predicted molar refractivity (Wildman–Crippen MR) is 92.1 cm³/mol. The van der Waals surface area contributed by atoms with Crippen molar-refractivity contribution >= 4 is 11.8 Å². The molecule has 6 atom stereocenters. The third-order valence-electron chi connectivity index (χ3n) is 7.20. The fourth-order valence-electron chi connectivity index (χ4n) is 5.79. The number of carbonyl (C=O) groups excluding carboxylic acids is 2. The molecule has 0 heterocycles. The molecular weight excluding hydrogens is 300 g/mol. The molecule has 0 bridgehead atoms. The van der Waals surface area contributed by atoms with E-state index in [1.54, 1.807) is 0 Å². The van der Waals surface area contributed by atoms with Gasteiger partial charge >= 0.3 is 5.97 Å². The highest BCUT2D eigenvalue weighted by Crippen LogP contribution is 2.61. The zero-order valence-corrected chi connectivity index (χ0v) is 14.7. The van der Waals surface area contributed by atoms with Crippen molar-refractivity contribution in [3.8, 4) is 0 Å². The lowest BCUT2D eigenvalue weighted by Gasteiger charge is -2.55. The average Bonchev–Trinajstić information content (AvgIpc) is 2.83. The van der Waals surface area contributed by atoms with Crippen molar-refractivity contribution in [2.45, 2.75) is 52.6 Å². The maximum Gasteiger partial charge on any atom is 0.303 e. The number of esters is 1. The summed E-state index contributed by atoms with van der Waals surface area (Å²) >= 11 is 0. The Kier molecular flexibility index (Phi) is 3.42. The van der Waals surface area contributed by atoms with Crippen molar-refractivity contribution in [1.29, 1.82) is 0 Å². The van der Waals surface area contributed by atoms with Gasteiger partial charge in [0.05, 0.1) is 0 Å². The van der Waals surface area contributed by atoms with E-state index in [4.69, 9.17) is 4.74 Å². The zero-order valence-electron chi connectivity index (χ0n) is 14.7. The molecule has 0 aromatic carbocycles. The molecule has 128 valence electrons. The van der Waals surface area contributed by atoms with Gasteiger partial charge in [-0.2, -0.15) is 0 Å². The lowest BCUT2D eigenvalue weighted by molar-refractivity contribution is -0.144. The van der Waals surface area contributed by atoms with Gasteiger partial charge in [0, 0.05) is 24.2 Å². The van der Waals surface area contributed by atoms with Crippen molar-refractivity contribution in [3.05, 3.63) is 36.0 Å². The van der Waals surface area contributed by atoms with Gasteiger partial charge in [0.1, 0.15) is 6.10 Å². The van der Waals surface area contributed by atoms with Crippen molar-refractivity contribution in [2.24, 2.45) is 28.6 Å². The van der Waals surface area contributed by atoms with Crippen LogP contribution in [0, 0.1) is 28.6 Å². The number of allylic oxidation sites excluding steroid dienone is 4. The number of fused-ring (bicyclic) bond motifs is 5. The summed E-state index contributed by atoms with van der Waals surface area (Å²) in [5, 5.41) is 0. The standard InChI is InChI=1S/C21H26O3/c1-13(22)24-15-8-10-20(2)14(12-15)4-5-16-17-6-7-19(23)21(17,3)11-9-18(16)20/h4,6-8,10,15-18H,5,9,11-12H2,1-3H3/t15-,16?,17?,18?,20-,21-/m0/s1. The Hall–Kier alpha value is -1.64. The van der Waals surface area contributed by atoms with Gasteiger partial charge in [-0.05, 0) is 49.2 Å². The van der Waals surface area contributed by atoms with Crippen LogP contribution >= 0.6 is 0 Å². The Morgan fingerprint density at radius 3 is 2.83 bits per heavy atom. The molecule has 0 saturated heterocycles. The topological polar surface area (TPSA) is 43.4 Å². The molecule has 4 rings (SSSR count). The Morgan fingerprint density at radius 1 is 1.29 bits per heavy atom. The maximum absolute atomic E-state index is 12.3. The second-order valence-corrected chi connectivity index (χ2v) is 8.43. The lowest BCUT2D eigenvalue weighted by atomic mass is 9.49. The first-order chi connectivity index (χ1) is 11.3. The molecule has 0 radical (unpaired) electrons. The molecule has 1 fully saturated rings. The predicted octanol–water partition coefficient (Wildman–Crippen LogP) is 4.00. The number of hydrogen-bond acceptors (Lipinski definition) is 3. The smallest absolute Gasteiger partial charge is 0.303 e. The highest BCUT2D eigenvalue weighted by atomic mass is 16.5. The lowest BCUT2D eigenvalue weighted by Crippen LogP contribution is -2.49. The van der Waals surface area contributed by atoms with Gasteiger partial charge in [-0.3, -0.25) is 9.59 Å². The molecule has 0 amide bonds. The SMILES string of the molecule is CC(=O)O[C@H]1C=C[C@@]2(C)C(=CCC3C2CC[C@]2(C)C(=O)C=CC32)C1. The Labute approximate surface area is 143 Å². The number of hydrogen-bond donors (Lipinski definition) is 0. The van der Waals surface area contributed by atoms with Crippen molar-refractivity contribution in [2.75, 3.05) is 0 Å². The summed E-state index contributed by atoms with van der Waals surface area (Å²) in [6.07, 6.45) is 14.5.